The largest absolute Gasteiger partial charge is 0.484 e. The third-order valence-electron chi connectivity index (χ3n) is 5.43. The summed E-state index contributed by atoms with van der Waals surface area (Å²) in [6, 6.07) is 17.5. The normalized spacial score (nSPS) is 15.7. The van der Waals surface area contributed by atoms with Crippen LogP contribution in [0.15, 0.2) is 59.1 Å². The van der Waals surface area contributed by atoms with Crippen molar-refractivity contribution in [3.05, 3.63) is 66.1 Å². The van der Waals surface area contributed by atoms with Crippen LogP contribution in [0.2, 0.25) is 0 Å². The molecule has 0 bridgehead atoms. The van der Waals surface area contributed by atoms with Gasteiger partial charge in [0, 0.05) is 31.7 Å². The number of piperazine rings is 1. The van der Waals surface area contributed by atoms with Gasteiger partial charge in [-0.1, -0.05) is 53.2 Å². The number of hydrogen-bond acceptors (Lipinski definition) is 6. The molecule has 1 aromatic heterocycles. The van der Waals surface area contributed by atoms with E-state index in [0.29, 0.717) is 30.6 Å². The Morgan fingerprint density at radius 2 is 1.77 bits per heavy atom. The van der Waals surface area contributed by atoms with E-state index in [-0.39, 0.29) is 18.6 Å². The van der Waals surface area contributed by atoms with Crippen molar-refractivity contribution >= 4 is 5.91 Å². The van der Waals surface area contributed by atoms with E-state index in [4.69, 9.17) is 9.26 Å². The number of nitrogens with zero attached hydrogens (tertiary/aromatic N) is 4. The maximum atomic E-state index is 12.4. The first-order valence-corrected chi connectivity index (χ1v) is 10.2. The molecule has 0 spiro atoms. The Bertz CT molecular complexity index is 964. The SMILES string of the molecule is Cc1ccc(-c2noc(C(C)N3CCN(C(=O)COc4ccccc4)CC3)n2)cc1. The molecule has 1 amide bonds. The lowest BCUT2D eigenvalue weighted by molar-refractivity contribution is -0.135. The van der Waals surface area contributed by atoms with Gasteiger partial charge in [-0.15, -0.1) is 0 Å². The fourth-order valence-electron chi connectivity index (χ4n) is 3.49. The minimum atomic E-state index is -0.00507. The van der Waals surface area contributed by atoms with Crippen molar-refractivity contribution in [2.24, 2.45) is 0 Å². The van der Waals surface area contributed by atoms with Gasteiger partial charge in [0.1, 0.15) is 5.75 Å². The molecule has 156 valence electrons. The molecular weight excluding hydrogens is 380 g/mol. The lowest BCUT2D eigenvalue weighted by Gasteiger charge is -2.36. The average Bonchev–Trinajstić information content (AvgIpc) is 3.28. The summed E-state index contributed by atoms with van der Waals surface area (Å²) in [7, 11) is 0. The van der Waals surface area contributed by atoms with Gasteiger partial charge in [0.15, 0.2) is 6.61 Å². The lowest BCUT2D eigenvalue weighted by Crippen LogP contribution is -2.50. The van der Waals surface area contributed by atoms with Gasteiger partial charge in [0.25, 0.3) is 5.91 Å². The fourth-order valence-corrected chi connectivity index (χ4v) is 3.49. The van der Waals surface area contributed by atoms with Crippen molar-refractivity contribution in [2.45, 2.75) is 19.9 Å². The van der Waals surface area contributed by atoms with E-state index < -0.39 is 0 Å². The zero-order valence-corrected chi connectivity index (χ0v) is 17.3. The number of aromatic nitrogens is 2. The number of carbonyl (C=O) groups excluding carboxylic acids is 1. The van der Waals surface area contributed by atoms with E-state index >= 15 is 0 Å². The Balaban J connectivity index is 1.29. The van der Waals surface area contributed by atoms with Gasteiger partial charge >= 0.3 is 0 Å². The molecule has 1 unspecified atom stereocenters. The summed E-state index contributed by atoms with van der Waals surface area (Å²) in [5, 5.41) is 4.13. The van der Waals surface area contributed by atoms with Crippen LogP contribution in [0.5, 0.6) is 5.75 Å². The molecule has 7 nitrogen and oxygen atoms in total. The number of para-hydroxylation sites is 1. The van der Waals surface area contributed by atoms with Gasteiger partial charge in [-0.25, -0.2) is 0 Å². The highest BCUT2D eigenvalue weighted by atomic mass is 16.5. The monoisotopic (exact) mass is 406 g/mol. The lowest BCUT2D eigenvalue weighted by atomic mass is 10.1. The molecule has 2 heterocycles. The number of amides is 1. The van der Waals surface area contributed by atoms with E-state index in [1.165, 1.54) is 5.56 Å². The zero-order chi connectivity index (χ0) is 20.9. The second-order valence-corrected chi connectivity index (χ2v) is 7.52. The predicted octanol–water partition coefficient (Wildman–Crippen LogP) is 3.33. The quantitative estimate of drug-likeness (QED) is 0.625. The number of aryl methyl sites for hydroxylation is 1. The summed E-state index contributed by atoms with van der Waals surface area (Å²) < 4.78 is 11.1. The molecular formula is C23H26N4O3. The molecule has 0 aliphatic carbocycles. The summed E-state index contributed by atoms with van der Waals surface area (Å²) in [6.07, 6.45) is 0. The highest BCUT2D eigenvalue weighted by molar-refractivity contribution is 5.77. The van der Waals surface area contributed by atoms with Crippen molar-refractivity contribution in [2.75, 3.05) is 32.8 Å². The van der Waals surface area contributed by atoms with E-state index in [1.54, 1.807) is 0 Å². The molecule has 1 aliphatic rings. The molecule has 1 atom stereocenters. The zero-order valence-electron chi connectivity index (χ0n) is 17.3. The van der Waals surface area contributed by atoms with Crippen LogP contribution in [0.25, 0.3) is 11.4 Å². The summed E-state index contributed by atoms with van der Waals surface area (Å²) in [5.41, 5.74) is 2.13. The van der Waals surface area contributed by atoms with Crippen molar-refractivity contribution < 1.29 is 14.1 Å². The second kappa shape index (κ2) is 9.09. The van der Waals surface area contributed by atoms with Crippen molar-refractivity contribution in [1.82, 2.24) is 19.9 Å². The molecule has 0 saturated carbocycles. The van der Waals surface area contributed by atoms with Crippen molar-refractivity contribution in [3.8, 4) is 17.1 Å². The summed E-state index contributed by atoms with van der Waals surface area (Å²) in [5.74, 6) is 1.91. The molecule has 1 saturated heterocycles. The summed E-state index contributed by atoms with van der Waals surface area (Å²) in [6.45, 7) is 6.97. The topological polar surface area (TPSA) is 71.7 Å². The van der Waals surface area contributed by atoms with Crippen LogP contribution in [0, 0.1) is 6.92 Å². The average molecular weight is 406 g/mol. The Labute approximate surface area is 176 Å². The summed E-state index contributed by atoms with van der Waals surface area (Å²) >= 11 is 0. The standard InChI is InChI=1S/C23H26N4O3/c1-17-8-10-19(11-9-17)22-24-23(30-25-22)18(2)26-12-14-27(15-13-26)21(28)16-29-20-6-4-3-5-7-20/h3-11,18H,12-16H2,1-2H3. The molecule has 30 heavy (non-hydrogen) atoms. The van der Waals surface area contributed by atoms with Crippen molar-refractivity contribution in [3.63, 3.8) is 0 Å². The Morgan fingerprint density at radius 1 is 1.07 bits per heavy atom. The molecule has 2 aromatic carbocycles. The Morgan fingerprint density at radius 3 is 2.47 bits per heavy atom. The Kier molecular flexibility index (Phi) is 6.09. The number of hydrogen-bond donors (Lipinski definition) is 0. The molecule has 1 fully saturated rings. The predicted molar refractivity (Wildman–Crippen MR) is 113 cm³/mol. The minimum Gasteiger partial charge on any atom is -0.484 e. The smallest absolute Gasteiger partial charge is 0.260 e. The molecule has 7 heteroatoms. The third kappa shape index (κ3) is 4.68. The highest BCUT2D eigenvalue weighted by Gasteiger charge is 2.28. The molecule has 0 N–H and O–H groups in total. The third-order valence-corrected chi connectivity index (χ3v) is 5.43. The van der Waals surface area contributed by atoms with E-state index in [2.05, 4.69) is 22.0 Å². The Hall–Kier alpha value is -3.19. The van der Waals surface area contributed by atoms with Gasteiger partial charge in [-0.3, -0.25) is 9.69 Å². The van der Waals surface area contributed by atoms with Crippen LogP contribution in [0.3, 0.4) is 0 Å². The van der Waals surface area contributed by atoms with Crippen LogP contribution in [-0.4, -0.2) is 58.6 Å². The van der Waals surface area contributed by atoms with Crippen LogP contribution >= 0.6 is 0 Å². The van der Waals surface area contributed by atoms with Gasteiger partial charge in [0.05, 0.1) is 6.04 Å². The first-order chi connectivity index (χ1) is 14.6. The molecule has 3 aromatic rings. The molecule has 0 radical (unpaired) electrons. The number of ether oxygens (including phenoxy) is 1. The van der Waals surface area contributed by atoms with Crippen LogP contribution < -0.4 is 4.74 Å². The number of benzene rings is 2. The van der Waals surface area contributed by atoms with E-state index in [0.717, 1.165) is 18.7 Å². The van der Waals surface area contributed by atoms with Crippen LogP contribution in [0.1, 0.15) is 24.4 Å². The molecule has 4 rings (SSSR count). The second-order valence-electron chi connectivity index (χ2n) is 7.52. The van der Waals surface area contributed by atoms with Crippen LogP contribution in [-0.2, 0) is 4.79 Å². The van der Waals surface area contributed by atoms with Gasteiger partial charge in [-0.05, 0) is 26.0 Å². The first kappa shape index (κ1) is 20.1. The molecule has 1 aliphatic heterocycles. The van der Waals surface area contributed by atoms with Crippen LogP contribution in [0.4, 0.5) is 0 Å². The van der Waals surface area contributed by atoms with E-state index in [1.807, 2.05) is 66.4 Å². The number of carbonyl (C=O) groups is 1. The van der Waals surface area contributed by atoms with E-state index in [9.17, 15) is 4.79 Å². The number of rotatable bonds is 6. The fraction of sp³-hybridized carbons (Fsp3) is 0.348. The highest BCUT2D eigenvalue weighted by Crippen LogP contribution is 2.23. The maximum absolute atomic E-state index is 12.4. The van der Waals surface area contributed by atoms with Crippen molar-refractivity contribution in [1.29, 1.82) is 0 Å². The van der Waals surface area contributed by atoms with Gasteiger partial charge in [-0.2, -0.15) is 4.98 Å². The maximum Gasteiger partial charge on any atom is 0.260 e. The summed E-state index contributed by atoms with van der Waals surface area (Å²) in [4.78, 5) is 21.1. The minimum absolute atomic E-state index is 0.00507. The van der Waals surface area contributed by atoms with Gasteiger partial charge < -0.3 is 14.2 Å². The van der Waals surface area contributed by atoms with Gasteiger partial charge in [0.2, 0.25) is 11.7 Å². The first-order valence-electron chi connectivity index (χ1n) is 10.2.